The van der Waals surface area contributed by atoms with Gasteiger partial charge in [-0.15, -0.1) is 11.3 Å². The minimum Gasteiger partial charge on any atom is -0.480 e. The van der Waals surface area contributed by atoms with Crippen LogP contribution in [0.25, 0.3) is 0 Å². The molecule has 1 aromatic heterocycles. The van der Waals surface area contributed by atoms with Crippen LogP contribution in [-0.4, -0.2) is 89.5 Å². The van der Waals surface area contributed by atoms with Crippen molar-refractivity contribution < 1.29 is 32.6 Å². The number of aliphatic carboxylic acids is 1. The number of likely N-dealkylation sites (N-methyl/N-ethyl adjacent to an activating group) is 1. The molecule has 0 saturated carbocycles. The van der Waals surface area contributed by atoms with E-state index in [-0.39, 0.29) is 44.7 Å². The van der Waals surface area contributed by atoms with E-state index in [4.69, 9.17) is 9.73 Å². The minimum atomic E-state index is -2.97. The predicted octanol–water partition coefficient (Wildman–Crippen LogP) is 4.07. The summed E-state index contributed by atoms with van der Waals surface area (Å²) in [5.74, 6) is -4.82. The van der Waals surface area contributed by atoms with Gasteiger partial charge in [-0.3, -0.25) is 19.6 Å². The highest BCUT2D eigenvalue weighted by Gasteiger charge is 2.42. The van der Waals surface area contributed by atoms with Crippen molar-refractivity contribution in [2.75, 3.05) is 39.8 Å². The van der Waals surface area contributed by atoms with Crippen molar-refractivity contribution in [3.8, 4) is 0 Å². The molecule has 2 aliphatic rings. The number of amidine groups is 1. The summed E-state index contributed by atoms with van der Waals surface area (Å²) >= 11 is 4.68. The number of esters is 1. The number of carboxylic acids is 1. The number of carbonyl (C=O) groups excluding carboxylic acids is 1. The van der Waals surface area contributed by atoms with Crippen LogP contribution in [0.3, 0.4) is 0 Å². The number of alkyl halides is 2. The molecule has 216 valence electrons. The third-order valence-corrected chi connectivity index (χ3v) is 8.06. The average molecular weight is 645 g/mol. The molecule has 0 bridgehead atoms. The fourth-order valence-electron chi connectivity index (χ4n) is 4.88. The SMILES string of the molecule is CCOC(=O)C1=C(CN2CC(F)(F)CCC2CN(C)CC(=O)O)NC(c2nccs2)=N[C@H]1c1ccc(F)cc1Br. The molecule has 2 aromatic rings. The molecule has 1 unspecified atom stereocenters. The van der Waals surface area contributed by atoms with Crippen molar-refractivity contribution in [2.24, 2.45) is 4.99 Å². The van der Waals surface area contributed by atoms with Gasteiger partial charge in [-0.2, -0.15) is 0 Å². The van der Waals surface area contributed by atoms with Gasteiger partial charge < -0.3 is 15.2 Å². The Morgan fingerprint density at radius 2 is 2.15 bits per heavy atom. The van der Waals surface area contributed by atoms with Gasteiger partial charge in [-0.1, -0.05) is 22.0 Å². The number of nitrogens with one attached hydrogen (secondary N) is 1. The number of ether oxygens (including phenoxy) is 1. The lowest BCUT2D eigenvalue weighted by Gasteiger charge is -2.42. The Labute approximate surface area is 241 Å². The average Bonchev–Trinajstić information content (AvgIpc) is 3.40. The maximum Gasteiger partial charge on any atom is 0.338 e. The standard InChI is InChI=1S/C26H29BrF3N5O4S/c1-3-39-25(38)21-19(12-35-14-26(29,30)7-6-16(35)11-34(2)13-20(36)37)32-23(24-31-8-9-40-24)33-22(21)17-5-4-15(28)10-18(17)27/h4-5,8-10,16,22H,3,6-7,11-14H2,1-2H3,(H,32,33)(H,36,37)/t16?,22-/m0/s1. The molecule has 14 heteroatoms. The van der Waals surface area contributed by atoms with Crippen molar-refractivity contribution >= 4 is 45.0 Å². The number of likely N-dealkylation sites (tertiary alicyclic amines) is 1. The largest absolute Gasteiger partial charge is 0.480 e. The zero-order valence-electron chi connectivity index (χ0n) is 21.9. The van der Waals surface area contributed by atoms with Gasteiger partial charge in [0.1, 0.15) is 11.9 Å². The Morgan fingerprint density at radius 1 is 1.38 bits per heavy atom. The van der Waals surface area contributed by atoms with Crippen LogP contribution in [0.15, 0.2) is 50.5 Å². The van der Waals surface area contributed by atoms with E-state index in [1.807, 2.05) is 0 Å². The Hall–Kier alpha value is -2.81. The first-order valence-electron chi connectivity index (χ1n) is 12.6. The van der Waals surface area contributed by atoms with Crippen LogP contribution < -0.4 is 5.32 Å². The number of benzene rings is 1. The fraction of sp³-hybridized carbons (Fsp3) is 0.462. The first kappa shape index (κ1) is 30.2. The second-order valence-electron chi connectivity index (χ2n) is 9.66. The molecule has 0 aliphatic carbocycles. The van der Waals surface area contributed by atoms with Crippen molar-refractivity contribution in [3.05, 3.63) is 61.9 Å². The highest BCUT2D eigenvalue weighted by atomic mass is 79.9. The summed E-state index contributed by atoms with van der Waals surface area (Å²) in [5, 5.41) is 14.6. The van der Waals surface area contributed by atoms with Gasteiger partial charge in [-0.25, -0.2) is 22.9 Å². The van der Waals surface area contributed by atoms with Crippen molar-refractivity contribution in [1.29, 1.82) is 0 Å². The van der Waals surface area contributed by atoms with Crippen LogP contribution in [0.4, 0.5) is 13.2 Å². The third kappa shape index (κ3) is 7.28. The molecule has 40 heavy (non-hydrogen) atoms. The Kier molecular flexibility index (Phi) is 9.64. The van der Waals surface area contributed by atoms with E-state index in [0.29, 0.717) is 26.6 Å². The highest BCUT2D eigenvalue weighted by molar-refractivity contribution is 9.10. The summed E-state index contributed by atoms with van der Waals surface area (Å²) < 4.78 is 49.1. The molecule has 4 rings (SSSR count). The number of thiazole rings is 1. The maximum atomic E-state index is 14.7. The van der Waals surface area contributed by atoms with Gasteiger partial charge in [0, 0.05) is 47.3 Å². The Balaban J connectivity index is 1.79. The van der Waals surface area contributed by atoms with E-state index in [1.54, 1.807) is 35.3 Å². The monoisotopic (exact) mass is 643 g/mol. The van der Waals surface area contributed by atoms with E-state index in [0.717, 1.165) is 0 Å². The Morgan fingerprint density at radius 3 is 2.80 bits per heavy atom. The molecule has 2 atom stereocenters. The minimum absolute atomic E-state index is 0.0698. The first-order chi connectivity index (χ1) is 19.0. The number of rotatable bonds is 10. The van der Waals surface area contributed by atoms with E-state index in [1.165, 1.54) is 29.5 Å². The van der Waals surface area contributed by atoms with Crippen molar-refractivity contribution in [2.45, 2.75) is 37.8 Å². The number of halogens is 4. The fourth-order valence-corrected chi connectivity index (χ4v) is 6.04. The molecule has 1 fully saturated rings. The molecule has 9 nitrogen and oxygen atoms in total. The number of aliphatic imine (C=N–C) groups is 1. The number of carbonyl (C=O) groups is 2. The number of nitrogens with zero attached hydrogens (tertiary/aromatic N) is 4. The zero-order chi connectivity index (χ0) is 29.0. The molecule has 0 amide bonds. The van der Waals surface area contributed by atoms with Crippen LogP contribution in [0.1, 0.15) is 36.4 Å². The predicted molar refractivity (Wildman–Crippen MR) is 147 cm³/mol. The normalized spacial score (nSPS) is 21.2. The number of hydrogen-bond acceptors (Lipinski definition) is 9. The Bertz CT molecular complexity index is 1310. The van der Waals surface area contributed by atoms with Crippen LogP contribution >= 0.6 is 27.3 Å². The lowest BCUT2D eigenvalue weighted by molar-refractivity contribution is -0.140. The summed E-state index contributed by atoms with van der Waals surface area (Å²) in [7, 11) is 1.62. The van der Waals surface area contributed by atoms with Crippen LogP contribution in [0.2, 0.25) is 0 Å². The number of carboxylic acid groups (broad SMARTS) is 1. The van der Waals surface area contributed by atoms with Gasteiger partial charge in [0.05, 0.1) is 25.3 Å². The van der Waals surface area contributed by atoms with E-state index in [9.17, 15) is 27.9 Å². The topological polar surface area (TPSA) is 107 Å². The van der Waals surface area contributed by atoms with Gasteiger partial charge in [0.15, 0.2) is 10.8 Å². The molecule has 0 radical (unpaired) electrons. The third-order valence-electron chi connectivity index (χ3n) is 6.60. The van der Waals surface area contributed by atoms with Crippen molar-refractivity contribution in [1.82, 2.24) is 20.1 Å². The van der Waals surface area contributed by atoms with E-state index >= 15 is 0 Å². The molecular formula is C26H29BrF3N5O4S. The smallest absolute Gasteiger partial charge is 0.338 e. The summed E-state index contributed by atoms with van der Waals surface area (Å²) in [5.41, 5.74) is 0.906. The van der Waals surface area contributed by atoms with Crippen LogP contribution in [-0.2, 0) is 14.3 Å². The van der Waals surface area contributed by atoms with Gasteiger partial charge in [0.2, 0.25) is 0 Å². The summed E-state index contributed by atoms with van der Waals surface area (Å²) in [6.07, 6.45) is 1.40. The number of hydrogen-bond donors (Lipinski definition) is 2. The molecule has 2 aliphatic heterocycles. The number of aromatic nitrogens is 1. The molecule has 1 saturated heterocycles. The lowest BCUT2D eigenvalue weighted by atomic mass is 9.93. The first-order valence-corrected chi connectivity index (χ1v) is 14.3. The number of piperidine rings is 1. The van der Waals surface area contributed by atoms with Gasteiger partial charge in [-0.05, 0) is 38.1 Å². The van der Waals surface area contributed by atoms with Crippen LogP contribution in [0.5, 0.6) is 0 Å². The molecule has 2 N–H and O–H groups in total. The van der Waals surface area contributed by atoms with Crippen molar-refractivity contribution in [3.63, 3.8) is 0 Å². The van der Waals surface area contributed by atoms with Gasteiger partial charge in [0.25, 0.3) is 5.92 Å². The zero-order valence-corrected chi connectivity index (χ0v) is 24.3. The molecular weight excluding hydrogens is 615 g/mol. The molecule has 0 spiro atoms. The van der Waals surface area contributed by atoms with E-state index in [2.05, 4.69) is 26.2 Å². The summed E-state index contributed by atoms with van der Waals surface area (Å²) in [6, 6.07) is 2.68. The molecule has 1 aromatic carbocycles. The quantitative estimate of drug-likeness (QED) is 0.373. The maximum absolute atomic E-state index is 14.7. The van der Waals surface area contributed by atoms with Gasteiger partial charge >= 0.3 is 11.9 Å². The lowest BCUT2D eigenvalue weighted by Crippen LogP contribution is -2.54. The molecule has 3 heterocycles. The van der Waals surface area contributed by atoms with E-state index < -0.39 is 42.3 Å². The second kappa shape index (κ2) is 12.8. The summed E-state index contributed by atoms with van der Waals surface area (Å²) in [4.78, 5) is 36.8. The highest BCUT2D eigenvalue weighted by Crippen LogP contribution is 2.38. The second-order valence-corrected chi connectivity index (χ2v) is 11.4. The van der Waals surface area contributed by atoms with Crippen LogP contribution in [0, 0.1) is 5.82 Å². The summed E-state index contributed by atoms with van der Waals surface area (Å²) in [6.45, 7) is 1.06.